The van der Waals surface area contributed by atoms with Gasteiger partial charge in [-0.3, -0.25) is 4.72 Å². The zero-order chi connectivity index (χ0) is 14.2. The molecule has 0 radical (unpaired) electrons. The maximum absolute atomic E-state index is 13.6. The third kappa shape index (κ3) is 3.28. The molecule has 1 aromatic carbocycles. The van der Waals surface area contributed by atoms with Gasteiger partial charge in [-0.2, -0.15) is 0 Å². The zero-order valence-electron chi connectivity index (χ0n) is 9.58. The van der Waals surface area contributed by atoms with E-state index in [1.54, 1.807) is 6.92 Å². The topological polar surface area (TPSA) is 46.2 Å². The molecule has 0 saturated heterocycles. The number of benzene rings is 1. The second kappa shape index (κ2) is 5.40. The van der Waals surface area contributed by atoms with E-state index in [1.165, 1.54) is 18.2 Å². The Hall–Kier alpha value is -0.630. The van der Waals surface area contributed by atoms with Crippen molar-refractivity contribution in [2.45, 2.75) is 11.1 Å². The Morgan fingerprint density at radius 2 is 2.05 bits per heavy atom. The van der Waals surface area contributed by atoms with Gasteiger partial charge in [-0.1, -0.05) is 11.6 Å². The normalized spacial score (nSPS) is 11.6. The maximum Gasteiger partial charge on any atom is 0.271 e. The van der Waals surface area contributed by atoms with E-state index in [0.29, 0.717) is 0 Å². The van der Waals surface area contributed by atoms with Gasteiger partial charge in [-0.15, -0.1) is 11.3 Å². The Morgan fingerprint density at radius 3 is 2.58 bits per heavy atom. The Balaban J connectivity index is 2.36. The van der Waals surface area contributed by atoms with E-state index in [4.69, 9.17) is 11.6 Å². The van der Waals surface area contributed by atoms with E-state index in [1.807, 2.05) is 0 Å². The van der Waals surface area contributed by atoms with Crippen LogP contribution in [-0.4, -0.2) is 8.42 Å². The smallest absolute Gasteiger partial charge is 0.271 e. The average molecular weight is 385 g/mol. The number of aryl methyl sites for hydroxylation is 1. The summed E-state index contributed by atoms with van der Waals surface area (Å²) in [5.74, 6) is -0.719. The van der Waals surface area contributed by atoms with Gasteiger partial charge in [0, 0.05) is 5.02 Å². The minimum Gasteiger partial charge on any atom is -0.276 e. The molecule has 0 atom stereocenters. The van der Waals surface area contributed by atoms with Crippen LogP contribution in [0.25, 0.3) is 0 Å². The maximum atomic E-state index is 13.6. The highest BCUT2D eigenvalue weighted by Gasteiger charge is 2.19. The molecule has 0 aliphatic carbocycles. The molecule has 0 fully saturated rings. The van der Waals surface area contributed by atoms with Crippen molar-refractivity contribution in [3.05, 3.63) is 44.5 Å². The summed E-state index contributed by atoms with van der Waals surface area (Å²) in [5.41, 5.74) is 0.675. The van der Waals surface area contributed by atoms with Crippen LogP contribution in [0.5, 0.6) is 0 Å². The number of nitrogens with one attached hydrogen (secondary N) is 1. The van der Waals surface area contributed by atoms with Crippen LogP contribution >= 0.6 is 38.9 Å². The van der Waals surface area contributed by atoms with Crippen molar-refractivity contribution >= 4 is 54.6 Å². The number of hydrogen-bond donors (Lipinski definition) is 1. The van der Waals surface area contributed by atoms with Crippen LogP contribution in [0, 0.1) is 12.7 Å². The van der Waals surface area contributed by atoms with Crippen molar-refractivity contribution in [3.63, 3.8) is 0 Å². The Labute approximate surface area is 127 Å². The fourth-order valence-corrected chi connectivity index (χ4v) is 4.78. The Bertz CT molecular complexity index is 711. The second-order valence-corrected chi connectivity index (χ2v) is 8.47. The van der Waals surface area contributed by atoms with Gasteiger partial charge in [0.15, 0.2) is 0 Å². The SMILES string of the molecule is Cc1cc(S(=O)(=O)Nc2ccc(Cl)cc2F)sc1Br. The highest BCUT2D eigenvalue weighted by atomic mass is 79.9. The van der Waals surface area contributed by atoms with Gasteiger partial charge >= 0.3 is 0 Å². The molecule has 0 aliphatic heterocycles. The van der Waals surface area contributed by atoms with Crippen molar-refractivity contribution in [1.82, 2.24) is 0 Å². The summed E-state index contributed by atoms with van der Waals surface area (Å²) in [6.45, 7) is 1.78. The number of hydrogen-bond acceptors (Lipinski definition) is 3. The van der Waals surface area contributed by atoms with E-state index in [0.717, 1.165) is 26.8 Å². The van der Waals surface area contributed by atoms with Crippen molar-refractivity contribution < 1.29 is 12.8 Å². The second-order valence-electron chi connectivity index (χ2n) is 3.75. The third-order valence-electron chi connectivity index (χ3n) is 2.27. The summed E-state index contributed by atoms with van der Waals surface area (Å²) in [6.07, 6.45) is 0. The van der Waals surface area contributed by atoms with Crippen molar-refractivity contribution in [1.29, 1.82) is 0 Å². The Morgan fingerprint density at radius 1 is 1.37 bits per heavy atom. The lowest BCUT2D eigenvalue weighted by atomic mass is 10.3. The monoisotopic (exact) mass is 383 g/mol. The van der Waals surface area contributed by atoms with Crippen LogP contribution in [0.2, 0.25) is 5.02 Å². The first-order valence-electron chi connectivity index (χ1n) is 5.03. The van der Waals surface area contributed by atoms with Crippen molar-refractivity contribution in [2.24, 2.45) is 0 Å². The van der Waals surface area contributed by atoms with E-state index < -0.39 is 15.8 Å². The lowest BCUT2D eigenvalue weighted by molar-refractivity contribution is 0.600. The van der Waals surface area contributed by atoms with Crippen LogP contribution < -0.4 is 4.72 Å². The molecule has 19 heavy (non-hydrogen) atoms. The highest BCUT2D eigenvalue weighted by molar-refractivity contribution is 9.11. The number of thiophene rings is 1. The van der Waals surface area contributed by atoms with E-state index in [9.17, 15) is 12.8 Å². The highest BCUT2D eigenvalue weighted by Crippen LogP contribution is 2.32. The summed E-state index contributed by atoms with van der Waals surface area (Å²) < 4.78 is 40.8. The van der Waals surface area contributed by atoms with Gasteiger partial charge in [0.25, 0.3) is 10.0 Å². The number of anilines is 1. The standard InChI is InChI=1S/C11H8BrClFNO2S2/c1-6-4-10(18-11(6)12)19(16,17)15-9-3-2-7(13)5-8(9)14/h2-5,15H,1H3. The molecule has 8 heteroatoms. The number of halogens is 3. The van der Waals surface area contributed by atoms with Crippen molar-refractivity contribution in [3.8, 4) is 0 Å². The number of sulfonamides is 1. The van der Waals surface area contributed by atoms with Crippen LogP contribution in [0.1, 0.15) is 5.56 Å². The molecule has 3 nitrogen and oxygen atoms in total. The lowest BCUT2D eigenvalue weighted by Crippen LogP contribution is -2.12. The van der Waals surface area contributed by atoms with Gasteiger partial charge in [0.1, 0.15) is 10.0 Å². The molecule has 0 unspecified atom stereocenters. The minimum atomic E-state index is -3.79. The summed E-state index contributed by atoms with van der Waals surface area (Å²) in [6, 6.07) is 5.27. The van der Waals surface area contributed by atoms with Crippen LogP contribution in [-0.2, 0) is 10.0 Å². The van der Waals surface area contributed by atoms with Gasteiger partial charge in [-0.05, 0) is 52.7 Å². The summed E-state index contributed by atoms with van der Waals surface area (Å²) >= 11 is 9.93. The summed E-state index contributed by atoms with van der Waals surface area (Å²) in [5, 5.41) is 0.204. The molecule has 2 rings (SSSR count). The molecule has 0 aliphatic rings. The van der Waals surface area contributed by atoms with Gasteiger partial charge in [-0.25, -0.2) is 12.8 Å². The quantitative estimate of drug-likeness (QED) is 0.852. The molecule has 102 valence electrons. The van der Waals surface area contributed by atoms with E-state index in [-0.39, 0.29) is 14.9 Å². The summed E-state index contributed by atoms with van der Waals surface area (Å²) in [4.78, 5) is 0. The molecular weight excluding hydrogens is 377 g/mol. The third-order valence-corrected chi connectivity index (χ3v) is 6.49. The van der Waals surface area contributed by atoms with E-state index >= 15 is 0 Å². The first kappa shape index (κ1) is 14.8. The average Bonchev–Trinajstić information content (AvgIpc) is 2.64. The predicted octanol–water partition coefficient (Wildman–Crippen LogP) is 4.41. The van der Waals surface area contributed by atoms with Crippen LogP contribution in [0.3, 0.4) is 0 Å². The Kier molecular flexibility index (Phi) is 4.20. The zero-order valence-corrected chi connectivity index (χ0v) is 13.6. The number of rotatable bonds is 3. The predicted molar refractivity (Wildman–Crippen MR) is 79.0 cm³/mol. The fourth-order valence-electron chi connectivity index (χ4n) is 1.33. The molecule has 1 aromatic heterocycles. The molecule has 0 amide bonds. The lowest BCUT2D eigenvalue weighted by Gasteiger charge is -2.07. The minimum absolute atomic E-state index is 0.117. The van der Waals surface area contributed by atoms with Gasteiger partial charge < -0.3 is 0 Å². The summed E-state index contributed by atoms with van der Waals surface area (Å²) in [7, 11) is -3.79. The first-order valence-corrected chi connectivity index (χ1v) is 8.50. The van der Waals surface area contributed by atoms with Gasteiger partial charge in [0.2, 0.25) is 0 Å². The van der Waals surface area contributed by atoms with Crippen LogP contribution in [0.15, 0.2) is 32.3 Å². The molecule has 1 heterocycles. The largest absolute Gasteiger partial charge is 0.276 e. The molecule has 0 bridgehead atoms. The molecule has 2 aromatic rings. The van der Waals surface area contributed by atoms with Crippen LogP contribution in [0.4, 0.5) is 10.1 Å². The molecule has 0 spiro atoms. The van der Waals surface area contributed by atoms with Crippen molar-refractivity contribution in [2.75, 3.05) is 4.72 Å². The van der Waals surface area contributed by atoms with E-state index in [2.05, 4.69) is 20.7 Å². The van der Waals surface area contributed by atoms with Gasteiger partial charge in [0.05, 0.1) is 9.47 Å². The molecular formula is C11H8BrClFNO2S2. The molecule has 0 saturated carbocycles. The first-order chi connectivity index (χ1) is 8.79. The molecule has 1 N–H and O–H groups in total. The fraction of sp³-hybridized carbons (Fsp3) is 0.0909.